The molecule has 0 atom stereocenters. The first-order chi connectivity index (χ1) is 8.62. The summed E-state index contributed by atoms with van der Waals surface area (Å²) in [6.07, 6.45) is 2.46. The molecular weight excluding hydrogens is 263 g/mol. The van der Waals surface area contributed by atoms with Gasteiger partial charge in [0, 0.05) is 6.61 Å². The van der Waals surface area contributed by atoms with Crippen LogP contribution in [0.25, 0.3) is 0 Å². The minimum atomic E-state index is -1.72. The van der Waals surface area contributed by atoms with E-state index in [2.05, 4.69) is 38.6 Å². The second-order valence-corrected chi connectivity index (χ2v) is 10.8. The molecule has 0 aliphatic carbocycles. The van der Waals surface area contributed by atoms with E-state index >= 15 is 0 Å². The monoisotopic (exact) mass is 290 g/mol. The highest BCUT2D eigenvalue weighted by atomic mass is 28.4. The zero-order valence-corrected chi connectivity index (χ0v) is 14.0. The Balaban J connectivity index is 4.00. The maximum Gasteiger partial charge on any atom is 0.366 e. The Morgan fingerprint density at radius 3 is 2.37 bits per heavy atom. The van der Waals surface area contributed by atoms with Crippen LogP contribution in [0.15, 0.2) is 11.9 Å². The summed E-state index contributed by atoms with van der Waals surface area (Å²) in [6.45, 7) is 13.3. The quantitative estimate of drug-likeness (QED) is 0.305. The van der Waals surface area contributed by atoms with Crippen molar-refractivity contribution < 1.29 is 18.3 Å². The van der Waals surface area contributed by atoms with Crippen LogP contribution in [0.2, 0.25) is 18.1 Å². The molecule has 0 unspecified atom stereocenters. The summed E-state index contributed by atoms with van der Waals surface area (Å²) in [7, 11) is -1.72. The van der Waals surface area contributed by atoms with Crippen molar-refractivity contribution in [3.8, 4) is 0 Å². The standard InChI is InChI=1S/C14H27FO3Si/c1-7-17-13(16)12(15)10-8-9-11-18-19(5,6)14(2,3)4/h10H,7-9,11H2,1-6H3/b12-10+. The molecule has 112 valence electrons. The number of carbonyl (C=O) groups excluding carboxylic acids is 1. The van der Waals surface area contributed by atoms with E-state index in [0.29, 0.717) is 19.4 Å². The zero-order chi connectivity index (χ0) is 15.1. The highest BCUT2D eigenvalue weighted by Crippen LogP contribution is 2.36. The summed E-state index contributed by atoms with van der Waals surface area (Å²) >= 11 is 0. The molecule has 0 amide bonds. The Hall–Kier alpha value is -0.683. The molecule has 3 nitrogen and oxygen atoms in total. The average molecular weight is 290 g/mol. The van der Waals surface area contributed by atoms with Gasteiger partial charge in [0.2, 0.25) is 5.83 Å². The van der Waals surface area contributed by atoms with Gasteiger partial charge >= 0.3 is 5.97 Å². The number of hydrogen-bond acceptors (Lipinski definition) is 3. The molecule has 0 aromatic carbocycles. The Kier molecular flexibility index (Phi) is 7.52. The number of ether oxygens (including phenoxy) is 1. The van der Waals surface area contributed by atoms with Crippen LogP contribution in [-0.4, -0.2) is 27.5 Å². The van der Waals surface area contributed by atoms with Gasteiger partial charge in [-0.2, -0.15) is 4.39 Å². The van der Waals surface area contributed by atoms with Crippen LogP contribution in [-0.2, 0) is 14.0 Å². The smallest absolute Gasteiger partial charge is 0.366 e. The first kappa shape index (κ1) is 18.3. The lowest BCUT2D eigenvalue weighted by molar-refractivity contribution is -0.140. The third-order valence-electron chi connectivity index (χ3n) is 3.41. The Morgan fingerprint density at radius 2 is 1.89 bits per heavy atom. The van der Waals surface area contributed by atoms with Crippen molar-refractivity contribution in [2.75, 3.05) is 13.2 Å². The normalized spacial score (nSPS) is 13.5. The highest BCUT2D eigenvalue weighted by Gasteiger charge is 2.36. The predicted octanol–water partition coefficient (Wildman–Crippen LogP) is 4.20. The van der Waals surface area contributed by atoms with E-state index < -0.39 is 20.1 Å². The Morgan fingerprint density at radius 1 is 1.32 bits per heavy atom. The fourth-order valence-corrected chi connectivity index (χ4v) is 2.23. The molecule has 0 fully saturated rings. The van der Waals surface area contributed by atoms with Gasteiger partial charge in [-0.1, -0.05) is 20.8 Å². The van der Waals surface area contributed by atoms with Crippen molar-refractivity contribution in [3.05, 3.63) is 11.9 Å². The third-order valence-corrected chi connectivity index (χ3v) is 7.95. The van der Waals surface area contributed by atoms with E-state index in [1.165, 1.54) is 6.08 Å². The maximum absolute atomic E-state index is 13.2. The largest absolute Gasteiger partial charge is 0.461 e. The first-order valence-corrected chi connectivity index (χ1v) is 9.69. The molecule has 0 heterocycles. The number of esters is 1. The molecule has 0 bridgehead atoms. The van der Waals surface area contributed by atoms with Gasteiger partial charge in [0.15, 0.2) is 8.32 Å². The van der Waals surface area contributed by atoms with Crippen LogP contribution >= 0.6 is 0 Å². The molecule has 0 aromatic heterocycles. The van der Waals surface area contributed by atoms with E-state index in [-0.39, 0.29) is 11.6 Å². The van der Waals surface area contributed by atoms with Gasteiger partial charge in [-0.3, -0.25) is 0 Å². The van der Waals surface area contributed by atoms with Crippen LogP contribution in [0.4, 0.5) is 4.39 Å². The number of unbranched alkanes of at least 4 members (excludes halogenated alkanes) is 1. The van der Waals surface area contributed by atoms with Crippen molar-refractivity contribution in [2.24, 2.45) is 0 Å². The van der Waals surface area contributed by atoms with E-state index in [1.807, 2.05) is 0 Å². The molecule has 0 N–H and O–H groups in total. The predicted molar refractivity (Wildman–Crippen MR) is 78.2 cm³/mol. The van der Waals surface area contributed by atoms with E-state index in [4.69, 9.17) is 4.43 Å². The fraction of sp³-hybridized carbons (Fsp3) is 0.786. The summed E-state index contributed by atoms with van der Waals surface area (Å²) in [5, 5.41) is 0.180. The van der Waals surface area contributed by atoms with Gasteiger partial charge in [0.05, 0.1) is 6.61 Å². The fourth-order valence-electron chi connectivity index (χ4n) is 1.14. The molecule has 0 aliphatic rings. The molecule has 0 saturated carbocycles. The van der Waals surface area contributed by atoms with Gasteiger partial charge in [0.1, 0.15) is 0 Å². The minimum Gasteiger partial charge on any atom is -0.461 e. The summed E-state index contributed by atoms with van der Waals surface area (Å²) in [5.41, 5.74) is 0. The molecule has 0 saturated heterocycles. The lowest BCUT2D eigenvalue weighted by atomic mass is 10.2. The lowest BCUT2D eigenvalue weighted by Gasteiger charge is -2.36. The number of allylic oxidation sites excluding steroid dienone is 1. The molecule has 19 heavy (non-hydrogen) atoms. The molecule has 0 rings (SSSR count). The number of rotatable bonds is 7. The molecular formula is C14H27FO3Si. The molecule has 0 radical (unpaired) electrons. The summed E-state index contributed by atoms with van der Waals surface area (Å²) in [5.74, 6) is -1.69. The van der Waals surface area contributed by atoms with Gasteiger partial charge in [-0.25, -0.2) is 4.79 Å². The van der Waals surface area contributed by atoms with Crippen LogP contribution in [0.3, 0.4) is 0 Å². The van der Waals surface area contributed by atoms with Gasteiger partial charge in [-0.05, 0) is 44.0 Å². The topological polar surface area (TPSA) is 35.5 Å². The van der Waals surface area contributed by atoms with Crippen LogP contribution in [0, 0.1) is 0 Å². The number of halogens is 1. The van der Waals surface area contributed by atoms with Crippen LogP contribution in [0.1, 0.15) is 40.5 Å². The second-order valence-electron chi connectivity index (χ2n) is 6.02. The Bertz CT molecular complexity index is 319. The van der Waals surface area contributed by atoms with Gasteiger partial charge in [0.25, 0.3) is 0 Å². The second kappa shape index (κ2) is 7.80. The summed E-state index contributed by atoms with van der Waals surface area (Å²) < 4.78 is 23.7. The van der Waals surface area contributed by atoms with Crippen molar-refractivity contribution in [1.29, 1.82) is 0 Å². The van der Waals surface area contributed by atoms with Gasteiger partial charge in [-0.15, -0.1) is 0 Å². The highest BCUT2D eigenvalue weighted by molar-refractivity contribution is 6.74. The average Bonchev–Trinajstić information content (AvgIpc) is 2.26. The summed E-state index contributed by atoms with van der Waals surface area (Å²) in [6, 6.07) is 0. The molecule has 0 spiro atoms. The zero-order valence-electron chi connectivity index (χ0n) is 13.0. The SMILES string of the molecule is CCOC(=O)/C(F)=C\CCCO[Si](C)(C)C(C)(C)C. The summed E-state index contributed by atoms with van der Waals surface area (Å²) in [4.78, 5) is 11.0. The van der Waals surface area contributed by atoms with Crippen molar-refractivity contribution in [2.45, 2.75) is 58.7 Å². The number of hydrogen-bond donors (Lipinski definition) is 0. The molecule has 0 aromatic rings. The first-order valence-electron chi connectivity index (χ1n) is 6.78. The van der Waals surface area contributed by atoms with Crippen molar-refractivity contribution >= 4 is 14.3 Å². The van der Waals surface area contributed by atoms with Crippen LogP contribution in [0.5, 0.6) is 0 Å². The molecule has 5 heteroatoms. The van der Waals surface area contributed by atoms with Crippen molar-refractivity contribution in [1.82, 2.24) is 0 Å². The third kappa shape index (κ3) is 6.87. The lowest BCUT2D eigenvalue weighted by Crippen LogP contribution is -2.40. The van der Waals surface area contributed by atoms with Gasteiger partial charge < -0.3 is 9.16 Å². The van der Waals surface area contributed by atoms with E-state index in [1.54, 1.807) is 6.92 Å². The van der Waals surface area contributed by atoms with Crippen molar-refractivity contribution in [3.63, 3.8) is 0 Å². The maximum atomic E-state index is 13.2. The van der Waals surface area contributed by atoms with Crippen LogP contribution < -0.4 is 0 Å². The number of carbonyl (C=O) groups is 1. The minimum absolute atomic E-state index is 0.180. The Labute approximate surface area is 117 Å². The van der Waals surface area contributed by atoms with E-state index in [0.717, 1.165) is 0 Å². The molecule has 0 aliphatic heterocycles. The van der Waals surface area contributed by atoms with E-state index in [9.17, 15) is 9.18 Å².